The lowest BCUT2D eigenvalue weighted by Gasteiger charge is -2.12. The zero-order valence-corrected chi connectivity index (χ0v) is 13.9. The number of rotatable bonds is 7. The molecule has 1 unspecified atom stereocenters. The van der Waals surface area contributed by atoms with Gasteiger partial charge >= 0.3 is 0 Å². The monoisotopic (exact) mass is 319 g/mol. The Bertz CT molecular complexity index is 614. The summed E-state index contributed by atoms with van der Waals surface area (Å²) in [4.78, 5) is 15.9. The Morgan fingerprint density at radius 1 is 1.36 bits per heavy atom. The van der Waals surface area contributed by atoms with Gasteiger partial charge in [-0.1, -0.05) is 25.1 Å². The molecule has 2 aromatic heterocycles. The summed E-state index contributed by atoms with van der Waals surface area (Å²) < 4.78 is 1.89. The third-order valence-electron chi connectivity index (χ3n) is 3.23. The quantitative estimate of drug-likeness (QED) is 0.793. The Kier molecular flexibility index (Phi) is 5.94. The third-order valence-corrected chi connectivity index (χ3v) is 4.26. The smallest absolute Gasteiger partial charge is 0.230 e. The topological polar surface area (TPSA) is 72.7 Å². The van der Waals surface area contributed by atoms with E-state index in [4.69, 9.17) is 0 Å². The van der Waals surface area contributed by atoms with Gasteiger partial charge < -0.3 is 9.88 Å². The summed E-state index contributed by atoms with van der Waals surface area (Å²) in [5.74, 6) is 1.14. The van der Waals surface area contributed by atoms with Gasteiger partial charge in [0.15, 0.2) is 11.0 Å². The molecule has 1 N–H and O–H groups in total. The summed E-state index contributed by atoms with van der Waals surface area (Å²) in [5, 5.41) is 12.1. The summed E-state index contributed by atoms with van der Waals surface area (Å²) in [6.45, 7) is 4.13. The summed E-state index contributed by atoms with van der Waals surface area (Å²) in [6.07, 6.45) is 5.50. The normalized spacial score (nSPS) is 12.1. The standard InChI is InChI=1S/C15H21N5OS/c1-4-5-11(2)17-13(21)10-22-15-19-18-14(20(15)3)12-6-8-16-9-7-12/h6-9,11H,4-5,10H2,1-3H3,(H,17,21). The van der Waals surface area contributed by atoms with Crippen molar-refractivity contribution in [1.82, 2.24) is 25.1 Å². The van der Waals surface area contributed by atoms with Crippen molar-refractivity contribution < 1.29 is 4.79 Å². The zero-order valence-electron chi connectivity index (χ0n) is 13.1. The molecule has 0 fully saturated rings. The van der Waals surface area contributed by atoms with Crippen LogP contribution in [0.15, 0.2) is 29.7 Å². The van der Waals surface area contributed by atoms with Crippen LogP contribution < -0.4 is 5.32 Å². The lowest BCUT2D eigenvalue weighted by molar-refractivity contribution is -0.119. The van der Waals surface area contributed by atoms with Crippen LogP contribution >= 0.6 is 11.8 Å². The molecule has 0 radical (unpaired) electrons. The van der Waals surface area contributed by atoms with Crippen LogP contribution in [-0.4, -0.2) is 37.5 Å². The third kappa shape index (κ3) is 4.30. The number of hydrogen-bond acceptors (Lipinski definition) is 5. The van der Waals surface area contributed by atoms with Crippen LogP contribution in [0.3, 0.4) is 0 Å². The van der Waals surface area contributed by atoms with Crippen LogP contribution in [-0.2, 0) is 11.8 Å². The maximum absolute atomic E-state index is 11.9. The van der Waals surface area contributed by atoms with Crippen molar-refractivity contribution >= 4 is 17.7 Å². The minimum Gasteiger partial charge on any atom is -0.353 e. The molecule has 2 aromatic rings. The van der Waals surface area contributed by atoms with E-state index >= 15 is 0 Å². The van der Waals surface area contributed by atoms with E-state index < -0.39 is 0 Å². The first-order chi connectivity index (χ1) is 10.6. The van der Waals surface area contributed by atoms with E-state index in [0.29, 0.717) is 5.75 Å². The molecule has 0 aliphatic rings. The molecule has 0 aromatic carbocycles. The van der Waals surface area contributed by atoms with E-state index in [0.717, 1.165) is 29.4 Å². The number of nitrogens with zero attached hydrogens (tertiary/aromatic N) is 4. The Hall–Kier alpha value is -1.89. The molecule has 2 heterocycles. The maximum Gasteiger partial charge on any atom is 0.230 e. The minimum atomic E-state index is 0.0272. The predicted octanol–water partition coefficient (Wildman–Crippen LogP) is 2.27. The number of amides is 1. The van der Waals surface area contributed by atoms with E-state index in [9.17, 15) is 4.79 Å². The van der Waals surface area contributed by atoms with Crippen molar-refractivity contribution in [3.8, 4) is 11.4 Å². The van der Waals surface area contributed by atoms with Crippen molar-refractivity contribution in [2.45, 2.75) is 37.9 Å². The van der Waals surface area contributed by atoms with Gasteiger partial charge in [0.2, 0.25) is 5.91 Å². The average Bonchev–Trinajstić information content (AvgIpc) is 2.87. The van der Waals surface area contributed by atoms with Crippen molar-refractivity contribution in [3.63, 3.8) is 0 Å². The summed E-state index contributed by atoms with van der Waals surface area (Å²) in [5.41, 5.74) is 0.956. The number of thioether (sulfide) groups is 1. The first-order valence-electron chi connectivity index (χ1n) is 7.33. The molecule has 0 aliphatic carbocycles. The van der Waals surface area contributed by atoms with Gasteiger partial charge in [0, 0.05) is 31.0 Å². The summed E-state index contributed by atoms with van der Waals surface area (Å²) in [7, 11) is 1.90. The molecule has 118 valence electrons. The van der Waals surface area contributed by atoms with Crippen LogP contribution in [0.5, 0.6) is 0 Å². The van der Waals surface area contributed by atoms with Crippen LogP contribution in [0.4, 0.5) is 0 Å². The van der Waals surface area contributed by atoms with Crippen molar-refractivity contribution in [2.75, 3.05) is 5.75 Å². The fraction of sp³-hybridized carbons (Fsp3) is 0.467. The highest BCUT2D eigenvalue weighted by atomic mass is 32.2. The molecular formula is C15H21N5OS. The number of aromatic nitrogens is 4. The van der Waals surface area contributed by atoms with Gasteiger partial charge in [0.25, 0.3) is 0 Å². The second-order valence-electron chi connectivity index (χ2n) is 5.15. The zero-order chi connectivity index (χ0) is 15.9. The average molecular weight is 319 g/mol. The van der Waals surface area contributed by atoms with Gasteiger partial charge in [-0.15, -0.1) is 10.2 Å². The molecule has 7 heteroatoms. The van der Waals surface area contributed by atoms with E-state index in [2.05, 4.69) is 27.4 Å². The molecule has 1 amide bonds. The number of carbonyl (C=O) groups is 1. The van der Waals surface area contributed by atoms with Crippen LogP contribution in [0, 0.1) is 0 Å². The van der Waals surface area contributed by atoms with Crippen molar-refractivity contribution in [3.05, 3.63) is 24.5 Å². The van der Waals surface area contributed by atoms with Crippen LogP contribution in [0.1, 0.15) is 26.7 Å². The fourth-order valence-corrected chi connectivity index (χ4v) is 2.87. The molecule has 0 saturated heterocycles. The fourth-order valence-electron chi connectivity index (χ4n) is 2.14. The van der Waals surface area contributed by atoms with Crippen molar-refractivity contribution in [1.29, 1.82) is 0 Å². The van der Waals surface area contributed by atoms with E-state index in [-0.39, 0.29) is 11.9 Å². The lowest BCUT2D eigenvalue weighted by Crippen LogP contribution is -2.33. The van der Waals surface area contributed by atoms with Gasteiger partial charge in [0.1, 0.15) is 0 Å². The second kappa shape index (κ2) is 7.93. The van der Waals surface area contributed by atoms with Gasteiger partial charge in [-0.05, 0) is 25.5 Å². The molecule has 6 nitrogen and oxygen atoms in total. The number of pyridine rings is 1. The summed E-state index contributed by atoms with van der Waals surface area (Å²) >= 11 is 1.39. The Balaban J connectivity index is 1.95. The molecule has 2 rings (SSSR count). The van der Waals surface area contributed by atoms with Gasteiger partial charge in [0.05, 0.1) is 5.75 Å². The number of nitrogens with one attached hydrogen (secondary N) is 1. The second-order valence-corrected chi connectivity index (χ2v) is 6.09. The molecule has 0 bridgehead atoms. The number of carbonyl (C=O) groups excluding carboxylic acids is 1. The Morgan fingerprint density at radius 2 is 2.09 bits per heavy atom. The minimum absolute atomic E-state index is 0.0272. The number of hydrogen-bond donors (Lipinski definition) is 1. The summed E-state index contributed by atoms with van der Waals surface area (Å²) in [6, 6.07) is 3.99. The Labute approximate surface area is 134 Å². The van der Waals surface area contributed by atoms with E-state index in [1.807, 2.05) is 30.7 Å². The van der Waals surface area contributed by atoms with E-state index in [1.54, 1.807) is 12.4 Å². The van der Waals surface area contributed by atoms with Crippen molar-refractivity contribution in [2.24, 2.45) is 7.05 Å². The SMILES string of the molecule is CCCC(C)NC(=O)CSc1nnc(-c2ccncc2)n1C. The maximum atomic E-state index is 11.9. The molecule has 0 saturated carbocycles. The van der Waals surface area contributed by atoms with Crippen LogP contribution in [0.25, 0.3) is 11.4 Å². The first-order valence-corrected chi connectivity index (χ1v) is 8.32. The van der Waals surface area contributed by atoms with Gasteiger partial charge in [-0.2, -0.15) is 0 Å². The molecule has 0 aliphatic heterocycles. The molecular weight excluding hydrogens is 298 g/mol. The largest absolute Gasteiger partial charge is 0.353 e. The highest BCUT2D eigenvalue weighted by molar-refractivity contribution is 7.99. The van der Waals surface area contributed by atoms with Gasteiger partial charge in [-0.3, -0.25) is 9.78 Å². The van der Waals surface area contributed by atoms with Crippen LogP contribution in [0.2, 0.25) is 0 Å². The highest BCUT2D eigenvalue weighted by Gasteiger charge is 2.13. The Morgan fingerprint density at radius 3 is 2.77 bits per heavy atom. The molecule has 0 spiro atoms. The first kappa shape index (κ1) is 16.5. The molecule has 22 heavy (non-hydrogen) atoms. The van der Waals surface area contributed by atoms with E-state index in [1.165, 1.54) is 11.8 Å². The van der Waals surface area contributed by atoms with Gasteiger partial charge in [-0.25, -0.2) is 0 Å². The highest BCUT2D eigenvalue weighted by Crippen LogP contribution is 2.21. The molecule has 1 atom stereocenters. The predicted molar refractivity (Wildman–Crippen MR) is 87.5 cm³/mol. The lowest BCUT2D eigenvalue weighted by atomic mass is 10.2.